The van der Waals surface area contributed by atoms with Gasteiger partial charge in [-0.25, -0.2) is 13.2 Å². The summed E-state index contributed by atoms with van der Waals surface area (Å²) in [5.74, 6) is -1.13. The zero-order valence-electron chi connectivity index (χ0n) is 16.5. The molecule has 1 N–H and O–H groups in total. The van der Waals surface area contributed by atoms with Gasteiger partial charge in [-0.3, -0.25) is 9.63 Å². The Morgan fingerprint density at radius 1 is 1.07 bits per heavy atom. The number of sulfonamides is 1. The summed E-state index contributed by atoms with van der Waals surface area (Å²) in [7, 11) is -1.31. The van der Waals surface area contributed by atoms with E-state index in [0.717, 1.165) is 11.1 Å². The molecule has 8 nitrogen and oxygen atoms in total. The van der Waals surface area contributed by atoms with Gasteiger partial charge in [0.2, 0.25) is 0 Å². The van der Waals surface area contributed by atoms with Crippen LogP contribution in [0.15, 0.2) is 53.4 Å². The first-order chi connectivity index (χ1) is 13.8. The third-order valence-corrected chi connectivity index (χ3v) is 5.99. The molecule has 0 fully saturated rings. The molecule has 0 aliphatic heterocycles. The maximum Gasteiger partial charge on any atom is 0.338 e. The van der Waals surface area contributed by atoms with Crippen molar-refractivity contribution >= 4 is 21.9 Å². The van der Waals surface area contributed by atoms with Gasteiger partial charge < -0.3 is 10.1 Å². The van der Waals surface area contributed by atoms with Crippen LogP contribution in [0.25, 0.3) is 0 Å². The van der Waals surface area contributed by atoms with Gasteiger partial charge in [-0.05, 0) is 48.7 Å². The van der Waals surface area contributed by atoms with Crippen molar-refractivity contribution in [2.24, 2.45) is 0 Å². The number of carbonyl (C=O) groups excluding carboxylic acids is 2. The molecule has 0 heterocycles. The second-order valence-corrected chi connectivity index (χ2v) is 8.16. The van der Waals surface area contributed by atoms with Crippen LogP contribution in [-0.2, 0) is 30.8 Å². The number of esters is 1. The van der Waals surface area contributed by atoms with E-state index in [1.165, 1.54) is 38.4 Å². The van der Waals surface area contributed by atoms with Crippen LogP contribution < -0.4 is 5.32 Å². The van der Waals surface area contributed by atoms with Crippen molar-refractivity contribution in [3.63, 3.8) is 0 Å². The summed E-state index contributed by atoms with van der Waals surface area (Å²) < 4.78 is 29.9. The minimum absolute atomic E-state index is 0.0349. The third kappa shape index (κ3) is 6.11. The highest BCUT2D eigenvalue weighted by atomic mass is 32.2. The number of hydrogen-bond acceptors (Lipinski definition) is 6. The van der Waals surface area contributed by atoms with Crippen molar-refractivity contribution in [3.05, 3.63) is 65.2 Å². The molecule has 29 heavy (non-hydrogen) atoms. The Morgan fingerprint density at radius 2 is 1.72 bits per heavy atom. The summed E-state index contributed by atoms with van der Waals surface area (Å²) in [5, 5.41) is 2.70. The Bertz CT molecular complexity index is 957. The van der Waals surface area contributed by atoms with Crippen LogP contribution in [-0.4, -0.2) is 52.1 Å². The zero-order valence-corrected chi connectivity index (χ0v) is 17.4. The number of hydrogen-bond donors (Lipinski definition) is 1. The lowest BCUT2D eigenvalue weighted by Crippen LogP contribution is -2.30. The lowest BCUT2D eigenvalue weighted by Gasteiger charge is -2.14. The van der Waals surface area contributed by atoms with E-state index in [0.29, 0.717) is 17.4 Å². The molecule has 0 aromatic heterocycles. The van der Waals surface area contributed by atoms with E-state index < -0.39 is 28.5 Å². The van der Waals surface area contributed by atoms with Crippen molar-refractivity contribution in [1.29, 1.82) is 0 Å². The molecule has 0 atom stereocenters. The summed E-state index contributed by atoms with van der Waals surface area (Å²) in [6.45, 7) is 2.02. The summed E-state index contributed by atoms with van der Waals surface area (Å²) in [6.07, 6.45) is 0.679. The fourth-order valence-corrected chi connectivity index (χ4v) is 3.48. The smallest absolute Gasteiger partial charge is 0.338 e. The molecule has 0 radical (unpaired) electrons. The number of nitrogens with zero attached hydrogens (tertiary/aromatic N) is 1. The van der Waals surface area contributed by atoms with E-state index in [2.05, 4.69) is 10.2 Å². The second-order valence-electron chi connectivity index (χ2n) is 6.22. The highest BCUT2D eigenvalue weighted by Gasteiger charge is 2.21. The minimum Gasteiger partial charge on any atom is -0.452 e. The second kappa shape index (κ2) is 10.1. The van der Waals surface area contributed by atoms with E-state index >= 15 is 0 Å². The number of aryl methyl sites for hydroxylation is 1. The van der Waals surface area contributed by atoms with Crippen LogP contribution in [0.1, 0.15) is 21.5 Å². The number of rotatable bonds is 9. The van der Waals surface area contributed by atoms with Gasteiger partial charge in [0.05, 0.1) is 17.6 Å². The Balaban J connectivity index is 1.82. The van der Waals surface area contributed by atoms with Crippen molar-refractivity contribution in [3.8, 4) is 0 Å². The number of nitrogens with one attached hydrogen (secondary N) is 1. The monoisotopic (exact) mass is 420 g/mol. The Morgan fingerprint density at radius 3 is 2.34 bits per heavy atom. The molecule has 0 saturated carbocycles. The van der Waals surface area contributed by atoms with Gasteiger partial charge in [0.1, 0.15) is 0 Å². The molecule has 0 saturated heterocycles. The fourth-order valence-electron chi connectivity index (χ4n) is 2.50. The lowest BCUT2D eigenvalue weighted by atomic mass is 10.1. The standard InChI is InChI=1S/C20H24N2O6S/c1-15-6-4-5-7-16(15)12-13-21-19(23)14-28-20(24)17-8-10-18(11-9-17)29(25,26)22(2)27-3/h4-11H,12-14H2,1-3H3,(H,21,23). The predicted octanol–water partition coefficient (Wildman–Crippen LogP) is 1.69. The average Bonchev–Trinajstić information content (AvgIpc) is 2.72. The van der Waals surface area contributed by atoms with Gasteiger partial charge in [0.15, 0.2) is 6.61 Å². The van der Waals surface area contributed by atoms with Crippen LogP contribution in [0.5, 0.6) is 0 Å². The quantitative estimate of drug-likeness (QED) is 0.489. The van der Waals surface area contributed by atoms with Crippen LogP contribution in [0.2, 0.25) is 0 Å². The highest BCUT2D eigenvalue weighted by molar-refractivity contribution is 7.89. The van der Waals surface area contributed by atoms with Crippen molar-refractivity contribution in [1.82, 2.24) is 9.79 Å². The fraction of sp³-hybridized carbons (Fsp3) is 0.300. The Labute approximate surface area is 170 Å². The topological polar surface area (TPSA) is 102 Å². The third-order valence-electron chi connectivity index (χ3n) is 4.30. The average molecular weight is 420 g/mol. The number of benzene rings is 2. The van der Waals surface area contributed by atoms with Gasteiger partial charge in [-0.15, -0.1) is 0 Å². The lowest BCUT2D eigenvalue weighted by molar-refractivity contribution is -0.124. The normalized spacial score (nSPS) is 11.3. The van der Waals surface area contributed by atoms with Crippen LogP contribution in [0.3, 0.4) is 0 Å². The zero-order chi connectivity index (χ0) is 21.4. The molecule has 156 valence electrons. The molecule has 0 spiro atoms. The van der Waals surface area contributed by atoms with Crippen LogP contribution >= 0.6 is 0 Å². The summed E-state index contributed by atoms with van der Waals surface area (Å²) in [4.78, 5) is 28.6. The van der Waals surface area contributed by atoms with Gasteiger partial charge in [0.25, 0.3) is 15.9 Å². The van der Waals surface area contributed by atoms with E-state index in [4.69, 9.17) is 4.74 Å². The molecule has 0 aliphatic carbocycles. The molecular weight excluding hydrogens is 396 g/mol. The van der Waals surface area contributed by atoms with E-state index in [-0.39, 0.29) is 10.5 Å². The summed E-state index contributed by atoms with van der Waals surface area (Å²) in [5.41, 5.74) is 2.42. The predicted molar refractivity (Wildman–Crippen MR) is 107 cm³/mol. The maximum absolute atomic E-state index is 12.1. The van der Waals surface area contributed by atoms with E-state index in [1.807, 2.05) is 31.2 Å². The number of hydroxylamine groups is 1. The first-order valence-corrected chi connectivity index (χ1v) is 10.3. The first kappa shape index (κ1) is 22.5. The van der Waals surface area contributed by atoms with Gasteiger partial charge in [0, 0.05) is 13.6 Å². The number of amides is 1. The molecule has 2 aromatic rings. The molecule has 2 rings (SSSR count). The molecular formula is C20H24N2O6S. The Hall–Kier alpha value is -2.75. The largest absolute Gasteiger partial charge is 0.452 e. The van der Waals surface area contributed by atoms with Crippen molar-refractivity contribution in [2.75, 3.05) is 27.3 Å². The van der Waals surface area contributed by atoms with Gasteiger partial charge >= 0.3 is 5.97 Å². The molecule has 0 bridgehead atoms. The molecule has 1 amide bonds. The number of ether oxygens (including phenoxy) is 1. The maximum atomic E-state index is 12.1. The Kier molecular flexibility index (Phi) is 7.89. The van der Waals surface area contributed by atoms with Gasteiger partial charge in [-0.2, -0.15) is 0 Å². The summed E-state index contributed by atoms with van der Waals surface area (Å²) >= 11 is 0. The van der Waals surface area contributed by atoms with Crippen LogP contribution in [0, 0.1) is 6.92 Å². The van der Waals surface area contributed by atoms with Crippen molar-refractivity contribution in [2.45, 2.75) is 18.2 Å². The van der Waals surface area contributed by atoms with Gasteiger partial charge in [-0.1, -0.05) is 28.7 Å². The highest BCUT2D eigenvalue weighted by Crippen LogP contribution is 2.15. The van der Waals surface area contributed by atoms with Crippen LogP contribution in [0.4, 0.5) is 0 Å². The number of carbonyl (C=O) groups is 2. The first-order valence-electron chi connectivity index (χ1n) is 8.87. The van der Waals surface area contributed by atoms with E-state index in [9.17, 15) is 18.0 Å². The van der Waals surface area contributed by atoms with Crippen molar-refractivity contribution < 1.29 is 27.6 Å². The SMILES string of the molecule is CON(C)S(=O)(=O)c1ccc(C(=O)OCC(=O)NCCc2ccccc2C)cc1. The minimum atomic E-state index is -3.80. The summed E-state index contributed by atoms with van der Waals surface area (Å²) in [6, 6.07) is 13.1. The molecule has 0 aliphatic rings. The molecule has 2 aromatic carbocycles. The molecule has 0 unspecified atom stereocenters. The van der Waals surface area contributed by atoms with E-state index in [1.54, 1.807) is 0 Å². The molecule has 9 heteroatoms.